The monoisotopic (exact) mass is 210 g/mol. The van der Waals surface area contributed by atoms with E-state index in [9.17, 15) is 14.9 Å². The number of hydrogen-bond donors (Lipinski definition) is 1. The number of carbonyl (C=O) groups excluding carboxylic acids is 1. The summed E-state index contributed by atoms with van der Waals surface area (Å²) in [4.78, 5) is 20.3. The summed E-state index contributed by atoms with van der Waals surface area (Å²) in [5.41, 5.74) is 5.50. The van der Waals surface area contributed by atoms with Crippen LogP contribution >= 0.6 is 0 Å². The molecule has 80 valence electrons. The molecule has 0 aliphatic heterocycles. The van der Waals surface area contributed by atoms with Crippen LogP contribution in [-0.4, -0.2) is 17.6 Å². The lowest BCUT2D eigenvalue weighted by Gasteiger charge is -2.00. The molecule has 1 rings (SSSR count). The topological polar surface area (TPSA) is 95.5 Å². The van der Waals surface area contributed by atoms with Crippen molar-refractivity contribution in [2.75, 3.05) is 6.61 Å². The fourth-order valence-corrected chi connectivity index (χ4v) is 1.06. The van der Waals surface area contributed by atoms with Gasteiger partial charge >= 0.3 is 6.09 Å². The van der Waals surface area contributed by atoms with Gasteiger partial charge in [-0.15, -0.1) is 0 Å². The molecule has 0 heterocycles. The molecule has 1 aliphatic carbocycles. The second-order valence-electron chi connectivity index (χ2n) is 2.84. The van der Waals surface area contributed by atoms with Crippen LogP contribution in [0.1, 0.15) is 6.42 Å². The van der Waals surface area contributed by atoms with E-state index in [4.69, 9.17) is 5.73 Å². The van der Waals surface area contributed by atoms with Crippen molar-refractivity contribution >= 4 is 6.09 Å². The third-order valence-electron chi connectivity index (χ3n) is 1.77. The molecule has 0 spiro atoms. The minimum absolute atomic E-state index is 0.0281. The number of amides is 1. The second-order valence-corrected chi connectivity index (χ2v) is 2.84. The molecule has 0 aromatic rings. The second kappa shape index (κ2) is 4.94. The number of primary amides is 1. The Morgan fingerprint density at radius 2 is 2.27 bits per heavy atom. The van der Waals surface area contributed by atoms with E-state index in [1.165, 1.54) is 18.2 Å². The summed E-state index contributed by atoms with van der Waals surface area (Å²) in [7, 11) is 0. The first-order chi connectivity index (χ1) is 7.09. The van der Waals surface area contributed by atoms with Gasteiger partial charge in [-0.05, 0) is 24.1 Å². The fourth-order valence-electron chi connectivity index (χ4n) is 1.06. The Hall–Kier alpha value is -2.11. The highest BCUT2D eigenvalue weighted by Gasteiger charge is 2.08. The van der Waals surface area contributed by atoms with Crippen LogP contribution in [0.2, 0.25) is 0 Å². The molecule has 1 aliphatic rings. The van der Waals surface area contributed by atoms with Gasteiger partial charge in [-0.25, -0.2) is 4.79 Å². The average Bonchev–Trinajstić information content (AvgIpc) is 2.39. The van der Waals surface area contributed by atoms with E-state index in [0.717, 1.165) is 0 Å². The van der Waals surface area contributed by atoms with Gasteiger partial charge in [-0.2, -0.15) is 0 Å². The van der Waals surface area contributed by atoms with Crippen molar-refractivity contribution in [3.63, 3.8) is 0 Å². The molecule has 1 amide bonds. The number of nitro groups is 1. The van der Waals surface area contributed by atoms with Crippen molar-refractivity contribution in [1.82, 2.24) is 0 Å². The standard InChI is InChI=1S/C9H10N2O4/c10-9(12)15-6-7-2-1-3-8(5-4-7)11(13)14/h2-5H,1,6H2,(H2,10,12). The molecule has 0 radical (unpaired) electrons. The summed E-state index contributed by atoms with van der Waals surface area (Å²) in [5, 5.41) is 10.4. The molecule has 6 heteroatoms. The Bertz CT molecular complexity index is 368. The van der Waals surface area contributed by atoms with Crippen molar-refractivity contribution in [3.8, 4) is 0 Å². The summed E-state index contributed by atoms with van der Waals surface area (Å²) in [6, 6.07) is 0. The number of nitrogens with zero attached hydrogens (tertiary/aromatic N) is 1. The van der Waals surface area contributed by atoms with Crippen molar-refractivity contribution < 1.29 is 14.5 Å². The fraction of sp³-hybridized carbons (Fsp3) is 0.222. The highest BCUT2D eigenvalue weighted by Crippen LogP contribution is 2.11. The maximum absolute atomic E-state index is 10.4. The maximum atomic E-state index is 10.4. The molecule has 0 atom stereocenters. The summed E-state index contributed by atoms with van der Waals surface area (Å²) < 4.78 is 4.56. The molecule has 0 fully saturated rings. The van der Waals surface area contributed by atoms with Gasteiger partial charge in [0.2, 0.25) is 0 Å². The summed E-state index contributed by atoms with van der Waals surface area (Å²) in [6.07, 6.45) is 5.68. The average molecular weight is 210 g/mol. The van der Waals surface area contributed by atoms with E-state index in [1.807, 2.05) is 0 Å². The molecule has 0 bridgehead atoms. The van der Waals surface area contributed by atoms with Gasteiger partial charge in [0.25, 0.3) is 5.70 Å². The van der Waals surface area contributed by atoms with Crippen LogP contribution in [0.5, 0.6) is 0 Å². The quantitative estimate of drug-likeness (QED) is 0.557. The smallest absolute Gasteiger partial charge is 0.404 e. The zero-order chi connectivity index (χ0) is 11.3. The molecule has 15 heavy (non-hydrogen) atoms. The number of hydrogen-bond acceptors (Lipinski definition) is 4. The molecule has 6 nitrogen and oxygen atoms in total. The first-order valence-electron chi connectivity index (χ1n) is 4.23. The zero-order valence-electron chi connectivity index (χ0n) is 7.88. The van der Waals surface area contributed by atoms with E-state index in [1.54, 1.807) is 6.08 Å². The van der Waals surface area contributed by atoms with Crippen LogP contribution in [-0.2, 0) is 4.74 Å². The highest BCUT2D eigenvalue weighted by atomic mass is 16.6. The Kier molecular flexibility index (Phi) is 3.61. The van der Waals surface area contributed by atoms with E-state index in [0.29, 0.717) is 12.0 Å². The number of ether oxygens (including phenoxy) is 1. The van der Waals surface area contributed by atoms with E-state index in [-0.39, 0.29) is 12.3 Å². The van der Waals surface area contributed by atoms with Gasteiger partial charge in [0.1, 0.15) is 6.61 Å². The molecule has 0 saturated heterocycles. The predicted molar refractivity (Wildman–Crippen MR) is 52.5 cm³/mol. The lowest BCUT2D eigenvalue weighted by molar-refractivity contribution is -0.419. The zero-order valence-corrected chi connectivity index (χ0v) is 7.88. The molecule has 2 N–H and O–H groups in total. The van der Waals surface area contributed by atoms with Crippen molar-refractivity contribution in [1.29, 1.82) is 0 Å². The van der Waals surface area contributed by atoms with Crippen molar-refractivity contribution in [3.05, 3.63) is 45.7 Å². The van der Waals surface area contributed by atoms with Crippen LogP contribution in [0.15, 0.2) is 35.6 Å². The van der Waals surface area contributed by atoms with Gasteiger partial charge < -0.3 is 10.5 Å². The molecule has 0 saturated carbocycles. The minimum Gasteiger partial charge on any atom is -0.445 e. The van der Waals surface area contributed by atoms with Gasteiger partial charge in [-0.1, -0.05) is 6.08 Å². The minimum atomic E-state index is -0.865. The third kappa shape index (κ3) is 3.63. The SMILES string of the molecule is NC(=O)OCC1=CCC=C([N+](=O)[O-])C=C1. The van der Waals surface area contributed by atoms with E-state index < -0.39 is 11.0 Å². The van der Waals surface area contributed by atoms with Crippen LogP contribution in [0.25, 0.3) is 0 Å². The van der Waals surface area contributed by atoms with Gasteiger partial charge in [0, 0.05) is 6.08 Å². The first-order valence-corrected chi connectivity index (χ1v) is 4.23. The number of allylic oxidation sites excluding steroid dienone is 3. The highest BCUT2D eigenvalue weighted by molar-refractivity contribution is 5.64. The summed E-state index contributed by atoms with van der Waals surface area (Å²) >= 11 is 0. The van der Waals surface area contributed by atoms with Crippen LogP contribution in [0.4, 0.5) is 4.79 Å². The number of nitrogens with two attached hydrogens (primary N) is 1. The van der Waals surface area contributed by atoms with Crippen LogP contribution < -0.4 is 5.73 Å². The van der Waals surface area contributed by atoms with Crippen molar-refractivity contribution in [2.45, 2.75) is 6.42 Å². The maximum Gasteiger partial charge on any atom is 0.404 e. The van der Waals surface area contributed by atoms with Crippen molar-refractivity contribution in [2.24, 2.45) is 5.73 Å². The van der Waals surface area contributed by atoms with Gasteiger partial charge in [0.05, 0.1) is 4.92 Å². The van der Waals surface area contributed by atoms with Gasteiger partial charge in [-0.3, -0.25) is 10.1 Å². The largest absolute Gasteiger partial charge is 0.445 e. The molecule has 0 aromatic carbocycles. The Balaban J connectivity index is 2.59. The molecule has 0 aromatic heterocycles. The lowest BCUT2D eigenvalue weighted by Crippen LogP contribution is -2.14. The van der Waals surface area contributed by atoms with E-state index in [2.05, 4.69) is 4.74 Å². The number of rotatable bonds is 3. The lowest BCUT2D eigenvalue weighted by atomic mass is 10.2. The Morgan fingerprint density at radius 3 is 2.87 bits per heavy atom. The summed E-state index contributed by atoms with van der Waals surface area (Å²) in [6.45, 7) is 0.0324. The Labute approximate surface area is 85.9 Å². The third-order valence-corrected chi connectivity index (χ3v) is 1.77. The summed E-state index contributed by atoms with van der Waals surface area (Å²) in [5.74, 6) is 0. The normalized spacial score (nSPS) is 14.9. The van der Waals surface area contributed by atoms with Crippen LogP contribution in [0, 0.1) is 10.1 Å². The van der Waals surface area contributed by atoms with Gasteiger partial charge in [0.15, 0.2) is 0 Å². The Morgan fingerprint density at radius 1 is 1.53 bits per heavy atom. The number of carbonyl (C=O) groups is 1. The first kappa shape index (κ1) is 11.0. The molecule has 0 unspecified atom stereocenters. The van der Waals surface area contributed by atoms with E-state index >= 15 is 0 Å². The molecular formula is C9H10N2O4. The predicted octanol–water partition coefficient (Wildman–Crippen LogP) is 1.13. The van der Waals surface area contributed by atoms with Crippen LogP contribution in [0.3, 0.4) is 0 Å². The molecular weight excluding hydrogens is 200 g/mol.